The summed E-state index contributed by atoms with van der Waals surface area (Å²) in [5.74, 6) is 0. The minimum atomic E-state index is 0.472. The summed E-state index contributed by atoms with van der Waals surface area (Å²) in [4.78, 5) is 0. The summed E-state index contributed by atoms with van der Waals surface area (Å²) < 4.78 is 7.57. The van der Waals surface area contributed by atoms with Gasteiger partial charge in [-0.1, -0.05) is 18.2 Å². The van der Waals surface area contributed by atoms with E-state index in [1.807, 2.05) is 0 Å². The van der Waals surface area contributed by atoms with E-state index in [0.29, 0.717) is 6.04 Å². The molecule has 1 aliphatic heterocycles. The molecule has 0 aliphatic carbocycles. The predicted molar refractivity (Wildman–Crippen MR) is 76.1 cm³/mol. The van der Waals surface area contributed by atoms with E-state index < -0.39 is 0 Å². The monoisotopic (exact) mass is 259 g/mol. The maximum Gasteiger partial charge on any atom is 0.0841 e. The van der Waals surface area contributed by atoms with E-state index in [-0.39, 0.29) is 0 Å². The fraction of sp³-hybridized carbons (Fsp3) is 0.533. The topological polar surface area (TPSA) is 39.1 Å². The van der Waals surface area contributed by atoms with Crippen LogP contribution in [0.4, 0.5) is 0 Å². The van der Waals surface area contributed by atoms with Crippen LogP contribution in [-0.4, -0.2) is 29.0 Å². The van der Waals surface area contributed by atoms with Gasteiger partial charge in [-0.25, -0.2) is 0 Å². The molecule has 0 bridgehead atoms. The van der Waals surface area contributed by atoms with Crippen molar-refractivity contribution in [3.8, 4) is 0 Å². The Bertz CT molecular complexity index is 543. The van der Waals surface area contributed by atoms with Gasteiger partial charge in [0.2, 0.25) is 0 Å². The van der Waals surface area contributed by atoms with Gasteiger partial charge in [-0.15, -0.1) is 0 Å². The summed E-state index contributed by atoms with van der Waals surface area (Å²) in [7, 11) is 0. The normalized spacial score (nSPS) is 19.9. The van der Waals surface area contributed by atoms with E-state index in [2.05, 4.69) is 41.2 Å². The van der Waals surface area contributed by atoms with Gasteiger partial charge in [0.15, 0.2) is 0 Å². The zero-order valence-electron chi connectivity index (χ0n) is 11.4. The summed E-state index contributed by atoms with van der Waals surface area (Å²) in [6, 6.07) is 8.92. The molecular weight excluding hydrogens is 238 g/mol. The fourth-order valence-electron chi connectivity index (χ4n) is 2.71. The van der Waals surface area contributed by atoms with Crippen LogP contribution >= 0.6 is 0 Å². The smallest absolute Gasteiger partial charge is 0.0841 e. The molecule has 1 fully saturated rings. The number of nitrogens with zero attached hydrogens (tertiary/aromatic N) is 2. The van der Waals surface area contributed by atoms with Crippen LogP contribution in [0.25, 0.3) is 10.9 Å². The van der Waals surface area contributed by atoms with Gasteiger partial charge in [-0.3, -0.25) is 4.68 Å². The van der Waals surface area contributed by atoms with Gasteiger partial charge >= 0.3 is 0 Å². The van der Waals surface area contributed by atoms with Crippen molar-refractivity contribution in [2.75, 3.05) is 13.2 Å². The molecule has 1 N–H and O–H groups in total. The molecule has 0 amide bonds. The lowest BCUT2D eigenvalue weighted by atomic mass is 10.1. The van der Waals surface area contributed by atoms with E-state index in [4.69, 9.17) is 9.84 Å². The number of benzene rings is 1. The second kappa shape index (κ2) is 5.72. The van der Waals surface area contributed by atoms with E-state index in [1.165, 1.54) is 17.3 Å². The molecule has 1 unspecified atom stereocenters. The molecule has 1 aliphatic rings. The summed E-state index contributed by atoms with van der Waals surface area (Å²) in [5.41, 5.74) is 2.37. The summed E-state index contributed by atoms with van der Waals surface area (Å²) in [5, 5.41) is 9.53. The van der Waals surface area contributed by atoms with Crippen molar-refractivity contribution in [3.05, 3.63) is 30.0 Å². The Kier molecular flexibility index (Phi) is 3.80. The Morgan fingerprint density at radius 3 is 3.11 bits per heavy atom. The number of aryl methyl sites for hydroxylation is 1. The van der Waals surface area contributed by atoms with Crippen LogP contribution in [0.2, 0.25) is 0 Å². The largest absolute Gasteiger partial charge is 0.380 e. The summed E-state index contributed by atoms with van der Waals surface area (Å²) in [6.07, 6.45) is 2.36. The second-order valence-electron chi connectivity index (χ2n) is 5.07. The van der Waals surface area contributed by atoms with E-state index in [0.717, 1.165) is 38.4 Å². The van der Waals surface area contributed by atoms with Gasteiger partial charge in [-0.05, 0) is 25.8 Å². The molecule has 1 atom stereocenters. The predicted octanol–water partition coefficient (Wildman–Crippen LogP) is 2.32. The van der Waals surface area contributed by atoms with Gasteiger partial charge < -0.3 is 10.1 Å². The minimum absolute atomic E-state index is 0.472. The SMILES string of the molecule is CCn1nc(CNC2CCCOC2)c2ccccc21. The van der Waals surface area contributed by atoms with Crippen LogP contribution in [0, 0.1) is 0 Å². The number of rotatable bonds is 4. The van der Waals surface area contributed by atoms with Crippen molar-refractivity contribution >= 4 is 10.9 Å². The van der Waals surface area contributed by atoms with Crippen LogP contribution in [0.1, 0.15) is 25.5 Å². The highest BCUT2D eigenvalue weighted by molar-refractivity contribution is 5.81. The zero-order chi connectivity index (χ0) is 13.1. The number of ether oxygens (including phenoxy) is 1. The van der Waals surface area contributed by atoms with Crippen molar-refractivity contribution in [1.82, 2.24) is 15.1 Å². The van der Waals surface area contributed by atoms with Crippen molar-refractivity contribution in [3.63, 3.8) is 0 Å². The van der Waals surface area contributed by atoms with Crippen molar-refractivity contribution in [1.29, 1.82) is 0 Å². The number of hydrogen-bond acceptors (Lipinski definition) is 3. The Morgan fingerprint density at radius 2 is 2.32 bits per heavy atom. The highest BCUT2D eigenvalue weighted by atomic mass is 16.5. The molecular formula is C15H21N3O. The third-order valence-corrected chi connectivity index (χ3v) is 3.75. The van der Waals surface area contributed by atoms with Crippen molar-refractivity contribution in [2.45, 2.75) is 38.9 Å². The van der Waals surface area contributed by atoms with Crippen LogP contribution in [0.15, 0.2) is 24.3 Å². The molecule has 1 aromatic heterocycles. The molecule has 2 aromatic rings. The van der Waals surface area contributed by atoms with Gasteiger partial charge in [0, 0.05) is 31.1 Å². The Balaban J connectivity index is 1.76. The lowest BCUT2D eigenvalue weighted by molar-refractivity contribution is 0.0698. The first kappa shape index (κ1) is 12.6. The van der Waals surface area contributed by atoms with Crippen molar-refractivity contribution in [2.24, 2.45) is 0 Å². The van der Waals surface area contributed by atoms with E-state index in [1.54, 1.807) is 0 Å². The molecule has 19 heavy (non-hydrogen) atoms. The number of hydrogen-bond donors (Lipinski definition) is 1. The molecule has 1 aromatic carbocycles. The molecule has 1 saturated heterocycles. The highest BCUT2D eigenvalue weighted by Gasteiger charge is 2.15. The number of aromatic nitrogens is 2. The molecule has 3 rings (SSSR count). The minimum Gasteiger partial charge on any atom is -0.380 e. The molecule has 0 spiro atoms. The van der Waals surface area contributed by atoms with Crippen LogP contribution < -0.4 is 5.32 Å². The average molecular weight is 259 g/mol. The molecule has 0 radical (unpaired) electrons. The van der Waals surface area contributed by atoms with E-state index >= 15 is 0 Å². The average Bonchev–Trinajstić information content (AvgIpc) is 2.84. The first-order valence-electron chi connectivity index (χ1n) is 7.14. The standard InChI is InChI=1S/C15H21N3O/c1-2-18-15-8-4-3-7-13(15)14(17-18)10-16-12-6-5-9-19-11-12/h3-4,7-8,12,16H,2,5-6,9-11H2,1H3. The van der Waals surface area contributed by atoms with Crippen LogP contribution in [-0.2, 0) is 17.8 Å². The van der Waals surface area contributed by atoms with Crippen LogP contribution in [0.5, 0.6) is 0 Å². The van der Waals surface area contributed by atoms with Gasteiger partial charge in [-0.2, -0.15) is 5.10 Å². The van der Waals surface area contributed by atoms with E-state index in [9.17, 15) is 0 Å². The van der Waals surface area contributed by atoms with Crippen LogP contribution in [0.3, 0.4) is 0 Å². The zero-order valence-corrected chi connectivity index (χ0v) is 11.4. The number of fused-ring (bicyclic) bond motifs is 1. The first-order valence-corrected chi connectivity index (χ1v) is 7.14. The Labute approximate surface area is 113 Å². The third-order valence-electron chi connectivity index (χ3n) is 3.75. The maximum atomic E-state index is 5.50. The number of para-hydroxylation sites is 1. The van der Waals surface area contributed by atoms with Gasteiger partial charge in [0.25, 0.3) is 0 Å². The number of nitrogens with one attached hydrogen (secondary N) is 1. The summed E-state index contributed by atoms with van der Waals surface area (Å²) in [6.45, 7) is 5.60. The maximum absolute atomic E-state index is 5.50. The Hall–Kier alpha value is -1.39. The first-order chi connectivity index (χ1) is 9.38. The molecule has 4 nitrogen and oxygen atoms in total. The Morgan fingerprint density at radius 1 is 1.42 bits per heavy atom. The summed E-state index contributed by atoms with van der Waals surface area (Å²) >= 11 is 0. The second-order valence-corrected chi connectivity index (χ2v) is 5.07. The lowest BCUT2D eigenvalue weighted by Crippen LogP contribution is -2.36. The third kappa shape index (κ3) is 2.65. The lowest BCUT2D eigenvalue weighted by Gasteiger charge is -2.22. The highest BCUT2D eigenvalue weighted by Crippen LogP contribution is 2.18. The molecule has 102 valence electrons. The fourth-order valence-corrected chi connectivity index (χ4v) is 2.71. The van der Waals surface area contributed by atoms with Crippen molar-refractivity contribution < 1.29 is 4.74 Å². The molecule has 2 heterocycles. The molecule has 0 saturated carbocycles. The van der Waals surface area contributed by atoms with Gasteiger partial charge in [0.05, 0.1) is 17.8 Å². The van der Waals surface area contributed by atoms with Gasteiger partial charge in [0.1, 0.15) is 0 Å². The quantitative estimate of drug-likeness (QED) is 0.916. The molecule has 4 heteroatoms.